The molecule has 2 N–H and O–H groups in total. The molecule has 0 aliphatic heterocycles. The Morgan fingerprint density at radius 1 is 1.58 bits per heavy atom. The number of nitrogens with one attached hydrogen (secondary N) is 1. The minimum absolute atomic E-state index is 0.0694. The first-order valence-electron chi connectivity index (χ1n) is 5.78. The fourth-order valence-electron chi connectivity index (χ4n) is 1.44. The highest BCUT2D eigenvalue weighted by Crippen LogP contribution is 2.23. The summed E-state index contributed by atoms with van der Waals surface area (Å²) < 4.78 is 4.99. The van der Waals surface area contributed by atoms with Crippen LogP contribution in [0.1, 0.15) is 23.7 Å². The summed E-state index contributed by atoms with van der Waals surface area (Å²) in [7, 11) is 1.37. The van der Waals surface area contributed by atoms with E-state index in [-0.39, 0.29) is 23.5 Å². The smallest absolute Gasteiger partial charge is 0.270 e. The second-order valence-corrected chi connectivity index (χ2v) is 3.91. The molecule has 0 aliphatic carbocycles. The standard InChI is InChI=1S/C12H16N2O5/c1-3-9(15)7-13-12(16)10-6-8(14(17)18)4-5-11(10)19-2/h4-6,9,15H,3,7H2,1-2H3,(H,13,16). The van der Waals surface area contributed by atoms with Gasteiger partial charge < -0.3 is 15.2 Å². The molecule has 0 heterocycles. The Labute approximate surface area is 110 Å². The molecule has 7 heteroatoms. The molecule has 0 bridgehead atoms. The predicted molar refractivity (Wildman–Crippen MR) is 68.3 cm³/mol. The molecule has 1 aromatic carbocycles. The topological polar surface area (TPSA) is 102 Å². The maximum atomic E-state index is 11.9. The lowest BCUT2D eigenvalue weighted by atomic mass is 10.1. The highest BCUT2D eigenvalue weighted by Gasteiger charge is 2.17. The number of carbonyl (C=O) groups is 1. The Bertz CT molecular complexity index is 475. The molecule has 0 saturated carbocycles. The number of aliphatic hydroxyl groups excluding tert-OH is 1. The molecule has 0 aromatic heterocycles. The Kier molecular flexibility index (Phi) is 5.25. The Balaban J connectivity index is 2.93. The summed E-state index contributed by atoms with van der Waals surface area (Å²) in [5.74, 6) is -0.276. The number of rotatable bonds is 6. The van der Waals surface area contributed by atoms with E-state index in [9.17, 15) is 20.0 Å². The zero-order chi connectivity index (χ0) is 14.4. The summed E-state index contributed by atoms with van der Waals surface area (Å²) in [5.41, 5.74) is -0.123. The zero-order valence-corrected chi connectivity index (χ0v) is 10.8. The van der Waals surface area contributed by atoms with Crippen molar-refractivity contribution in [2.45, 2.75) is 19.4 Å². The summed E-state index contributed by atoms with van der Waals surface area (Å²) in [6, 6.07) is 3.77. The van der Waals surface area contributed by atoms with Gasteiger partial charge in [-0.3, -0.25) is 14.9 Å². The molecule has 1 aromatic rings. The number of ether oxygens (including phenoxy) is 1. The Morgan fingerprint density at radius 3 is 2.79 bits per heavy atom. The average molecular weight is 268 g/mol. The lowest BCUT2D eigenvalue weighted by Crippen LogP contribution is -2.32. The molecule has 104 valence electrons. The van der Waals surface area contributed by atoms with Crippen LogP contribution in [0.3, 0.4) is 0 Å². The molecule has 0 saturated heterocycles. The van der Waals surface area contributed by atoms with E-state index in [0.29, 0.717) is 6.42 Å². The number of nitrogens with zero attached hydrogens (tertiary/aromatic N) is 1. The summed E-state index contributed by atoms with van der Waals surface area (Å²) in [5, 5.41) is 22.5. The molecule has 19 heavy (non-hydrogen) atoms. The van der Waals surface area contributed by atoms with Crippen LogP contribution >= 0.6 is 0 Å². The van der Waals surface area contributed by atoms with Crippen molar-refractivity contribution in [3.8, 4) is 5.75 Å². The van der Waals surface area contributed by atoms with Crippen LogP contribution < -0.4 is 10.1 Å². The van der Waals surface area contributed by atoms with E-state index >= 15 is 0 Å². The number of hydrogen-bond acceptors (Lipinski definition) is 5. The maximum Gasteiger partial charge on any atom is 0.270 e. The lowest BCUT2D eigenvalue weighted by molar-refractivity contribution is -0.384. The van der Waals surface area contributed by atoms with Crippen LogP contribution in [-0.2, 0) is 0 Å². The van der Waals surface area contributed by atoms with Gasteiger partial charge in [-0.05, 0) is 12.5 Å². The van der Waals surface area contributed by atoms with Gasteiger partial charge in [-0.1, -0.05) is 6.92 Å². The first-order valence-corrected chi connectivity index (χ1v) is 5.78. The maximum absolute atomic E-state index is 11.9. The minimum atomic E-state index is -0.645. The molecule has 7 nitrogen and oxygen atoms in total. The second-order valence-electron chi connectivity index (χ2n) is 3.91. The van der Waals surface area contributed by atoms with Gasteiger partial charge in [-0.25, -0.2) is 0 Å². The molecule has 0 aliphatic rings. The third kappa shape index (κ3) is 3.92. The van der Waals surface area contributed by atoms with Gasteiger partial charge in [0.25, 0.3) is 11.6 Å². The Morgan fingerprint density at radius 2 is 2.26 bits per heavy atom. The monoisotopic (exact) mass is 268 g/mol. The molecule has 1 atom stereocenters. The molecular formula is C12H16N2O5. The summed E-state index contributed by atoms with van der Waals surface area (Å²) in [4.78, 5) is 22.0. The molecule has 1 rings (SSSR count). The third-order valence-corrected chi connectivity index (χ3v) is 2.61. The molecular weight excluding hydrogens is 252 g/mol. The van der Waals surface area contributed by atoms with Crippen LogP contribution in [0.15, 0.2) is 18.2 Å². The molecule has 0 radical (unpaired) electrons. The lowest BCUT2D eigenvalue weighted by Gasteiger charge is -2.11. The summed E-state index contributed by atoms with van der Waals surface area (Å²) in [6.07, 6.45) is -0.138. The fourth-order valence-corrected chi connectivity index (χ4v) is 1.44. The molecule has 1 unspecified atom stereocenters. The number of nitro benzene ring substituents is 1. The van der Waals surface area contributed by atoms with Crippen LogP contribution in [0, 0.1) is 10.1 Å². The highest BCUT2D eigenvalue weighted by atomic mass is 16.6. The van der Waals surface area contributed by atoms with E-state index in [1.54, 1.807) is 6.92 Å². The summed E-state index contributed by atoms with van der Waals surface area (Å²) >= 11 is 0. The van der Waals surface area contributed by atoms with Gasteiger partial charge in [0.1, 0.15) is 5.75 Å². The number of amides is 1. The number of methoxy groups -OCH3 is 1. The fraction of sp³-hybridized carbons (Fsp3) is 0.417. The Hall–Kier alpha value is -2.15. The molecule has 1 amide bonds. The first-order chi connectivity index (χ1) is 8.99. The van der Waals surface area contributed by atoms with Crippen molar-refractivity contribution in [1.82, 2.24) is 5.32 Å². The highest BCUT2D eigenvalue weighted by molar-refractivity contribution is 5.97. The van der Waals surface area contributed by atoms with Crippen molar-refractivity contribution in [2.75, 3.05) is 13.7 Å². The van der Waals surface area contributed by atoms with Crippen LogP contribution in [0.5, 0.6) is 5.75 Å². The van der Waals surface area contributed by atoms with Gasteiger partial charge in [0.2, 0.25) is 0 Å². The van der Waals surface area contributed by atoms with E-state index in [0.717, 1.165) is 6.07 Å². The molecule has 0 fully saturated rings. The van der Waals surface area contributed by atoms with Gasteiger partial charge in [-0.15, -0.1) is 0 Å². The number of benzene rings is 1. The van der Waals surface area contributed by atoms with Gasteiger partial charge >= 0.3 is 0 Å². The van der Waals surface area contributed by atoms with E-state index in [2.05, 4.69) is 5.32 Å². The van der Waals surface area contributed by atoms with Crippen molar-refractivity contribution < 1.29 is 19.6 Å². The first kappa shape index (κ1) is 14.9. The predicted octanol–water partition coefficient (Wildman–Crippen LogP) is 1.10. The van der Waals surface area contributed by atoms with Crippen molar-refractivity contribution in [3.63, 3.8) is 0 Å². The van der Waals surface area contributed by atoms with Crippen molar-refractivity contribution in [1.29, 1.82) is 0 Å². The van der Waals surface area contributed by atoms with Crippen LogP contribution in [0.2, 0.25) is 0 Å². The van der Waals surface area contributed by atoms with Crippen LogP contribution in [-0.4, -0.2) is 35.7 Å². The van der Waals surface area contributed by atoms with Crippen LogP contribution in [0.4, 0.5) is 5.69 Å². The quantitative estimate of drug-likeness (QED) is 0.594. The van der Waals surface area contributed by atoms with Crippen LogP contribution in [0.25, 0.3) is 0 Å². The number of non-ortho nitro benzene ring substituents is 1. The van der Waals surface area contributed by atoms with Crippen molar-refractivity contribution >= 4 is 11.6 Å². The average Bonchev–Trinajstić information content (AvgIpc) is 2.43. The van der Waals surface area contributed by atoms with E-state index in [1.165, 1.54) is 19.2 Å². The van der Waals surface area contributed by atoms with Gasteiger partial charge in [-0.2, -0.15) is 0 Å². The second kappa shape index (κ2) is 6.69. The molecule has 0 spiro atoms. The normalized spacial score (nSPS) is 11.7. The van der Waals surface area contributed by atoms with E-state index < -0.39 is 16.9 Å². The number of aliphatic hydroxyl groups is 1. The van der Waals surface area contributed by atoms with Gasteiger partial charge in [0, 0.05) is 18.7 Å². The van der Waals surface area contributed by atoms with Gasteiger partial charge in [0.15, 0.2) is 0 Å². The van der Waals surface area contributed by atoms with E-state index in [1.807, 2.05) is 0 Å². The number of nitro groups is 1. The summed E-state index contributed by atoms with van der Waals surface area (Å²) in [6.45, 7) is 1.87. The van der Waals surface area contributed by atoms with Crippen molar-refractivity contribution in [2.24, 2.45) is 0 Å². The SMILES string of the molecule is CCC(O)CNC(=O)c1cc([N+](=O)[O-])ccc1OC. The van der Waals surface area contributed by atoms with E-state index in [4.69, 9.17) is 4.74 Å². The van der Waals surface area contributed by atoms with Gasteiger partial charge in [0.05, 0.1) is 23.7 Å². The zero-order valence-electron chi connectivity index (χ0n) is 10.8. The number of hydrogen-bond donors (Lipinski definition) is 2. The third-order valence-electron chi connectivity index (χ3n) is 2.61. The number of carbonyl (C=O) groups excluding carboxylic acids is 1. The minimum Gasteiger partial charge on any atom is -0.496 e. The van der Waals surface area contributed by atoms with Crippen molar-refractivity contribution in [3.05, 3.63) is 33.9 Å². The largest absolute Gasteiger partial charge is 0.496 e.